The first kappa shape index (κ1) is 16.9. The van der Waals surface area contributed by atoms with Crippen LogP contribution < -0.4 is 10.1 Å². The minimum atomic E-state index is -0.566. The van der Waals surface area contributed by atoms with E-state index in [0.717, 1.165) is 13.0 Å². The van der Waals surface area contributed by atoms with E-state index < -0.39 is 4.92 Å². The van der Waals surface area contributed by atoms with Crippen molar-refractivity contribution in [1.82, 2.24) is 20.0 Å². The number of hydrogen-bond acceptors (Lipinski definition) is 6. The van der Waals surface area contributed by atoms with Crippen LogP contribution in [0.3, 0.4) is 0 Å². The third-order valence-electron chi connectivity index (χ3n) is 2.77. The molecule has 0 aromatic carbocycles. The van der Waals surface area contributed by atoms with Crippen LogP contribution >= 0.6 is 0 Å². The molecule has 1 N–H and O–H groups in total. The lowest BCUT2D eigenvalue weighted by Gasteiger charge is -2.09. The lowest BCUT2D eigenvalue weighted by molar-refractivity contribution is -0.385. The van der Waals surface area contributed by atoms with Crippen LogP contribution in [0.25, 0.3) is 0 Å². The number of aromatic nitrogens is 2. The second-order valence-corrected chi connectivity index (χ2v) is 4.80. The van der Waals surface area contributed by atoms with Gasteiger partial charge in [0.2, 0.25) is 5.91 Å². The summed E-state index contributed by atoms with van der Waals surface area (Å²) in [6, 6.07) is 0. The first-order chi connectivity index (χ1) is 9.93. The molecule has 1 heterocycles. The zero-order valence-corrected chi connectivity index (χ0v) is 12.5. The zero-order chi connectivity index (χ0) is 15.8. The number of aryl methyl sites for hydroxylation is 1. The van der Waals surface area contributed by atoms with Crippen LogP contribution in [0.15, 0.2) is 6.20 Å². The molecule has 0 saturated heterocycles. The largest absolute Gasteiger partial charge is 0.475 e. The number of methoxy groups -OCH3 is 1. The summed E-state index contributed by atoms with van der Waals surface area (Å²) < 4.78 is 6.16. The standard InChI is InChI=1S/C12H21N5O4/c1-15(2)7-4-6-13-11(18)5-8-16-9-10(17(19)20)12(14-16)21-3/h9H,4-8H2,1-3H3,(H,13,18). The summed E-state index contributed by atoms with van der Waals surface area (Å²) in [6.07, 6.45) is 2.35. The highest BCUT2D eigenvalue weighted by atomic mass is 16.6. The van der Waals surface area contributed by atoms with Crippen molar-refractivity contribution in [3.05, 3.63) is 16.3 Å². The minimum absolute atomic E-state index is 0.0496. The minimum Gasteiger partial charge on any atom is -0.475 e. The molecule has 1 rings (SSSR count). The SMILES string of the molecule is COc1nn(CCC(=O)NCCCN(C)C)cc1[N+](=O)[O-]. The Hall–Kier alpha value is -2.16. The van der Waals surface area contributed by atoms with E-state index in [9.17, 15) is 14.9 Å². The fourth-order valence-corrected chi connectivity index (χ4v) is 1.71. The van der Waals surface area contributed by atoms with E-state index in [-0.39, 0.29) is 30.4 Å². The lowest BCUT2D eigenvalue weighted by atomic mass is 10.3. The predicted molar refractivity (Wildman–Crippen MR) is 76.2 cm³/mol. The van der Waals surface area contributed by atoms with Crippen LogP contribution in [-0.2, 0) is 11.3 Å². The first-order valence-electron chi connectivity index (χ1n) is 6.61. The maximum absolute atomic E-state index is 11.6. The van der Waals surface area contributed by atoms with Crippen molar-refractivity contribution in [2.45, 2.75) is 19.4 Å². The maximum Gasteiger partial charge on any atom is 0.350 e. The van der Waals surface area contributed by atoms with Crippen molar-refractivity contribution in [2.75, 3.05) is 34.3 Å². The number of amides is 1. The Bertz CT molecular complexity index is 486. The normalized spacial score (nSPS) is 10.7. The maximum atomic E-state index is 11.6. The Kier molecular flexibility index (Phi) is 6.60. The number of hydrogen-bond donors (Lipinski definition) is 1. The second kappa shape index (κ2) is 8.20. The highest BCUT2D eigenvalue weighted by molar-refractivity contribution is 5.75. The van der Waals surface area contributed by atoms with Crippen molar-refractivity contribution < 1.29 is 14.5 Å². The summed E-state index contributed by atoms with van der Waals surface area (Å²) in [4.78, 5) is 23.9. The molecule has 0 aliphatic heterocycles. The predicted octanol–water partition coefficient (Wildman–Crippen LogP) is 0.258. The van der Waals surface area contributed by atoms with Crippen LogP contribution in [0.1, 0.15) is 12.8 Å². The molecule has 118 valence electrons. The van der Waals surface area contributed by atoms with Gasteiger partial charge in [-0.2, -0.15) is 0 Å². The Morgan fingerprint density at radius 3 is 2.81 bits per heavy atom. The number of ether oxygens (including phenoxy) is 1. The molecular weight excluding hydrogens is 278 g/mol. The van der Waals surface area contributed by atoms with Crippen molar-refractivity contribution in [3.8, 4) is 5.88 Å². The molecule has 21 heavy (non-hydrogen) atoms. The van der Waals surface area contributed by atoms with E-state index in [0.29, 0.717) is 6.54 Å². The Morgan fingerprint density at radius 1 is 1.57 bits per heavy atom. The molecule has 9 heteroatoms. The highest BCUT2D eigenvalue weighted by Gasteiger charge is 2.20. The molecule has 0 radical (unpaired) electrons. The van der Waals surface area contributed by atoms with Crippen molar-refractivity contribution >= 4 is 11.6 Å². The van der Waals surface area contributed by atoms with E-state index in [1.807, 2.05) is 19.0 Å². The molecule has 0 unspecified atom stereocenters. The summed E-state index contributed by atoms with van der Waals surface area (Å²) in [5.74, 6) is -0.155. The number of carbonyl (C=O) groups is 1. The van der Waals surface area contributed by atoms with Gasteiger partial charge in [0.25, 0.3) is 0 Å². The van der Waals surface area contributed by atoms with E-state index in [1.165, 1.54) is 18.0 Å². The van der Waals surface area contributed by atoms with Gasteiger partial charge in [0.15, 0.2) is 0 Å². The summed E-state index contributed by atoms with van der Waals surface area (Å²) in [5, 5.41) is 17.5. The summed E-state index contributed by atoms with van der Waals surface area (Å²) in [5.41, 5.74) is -0.205. The monoisotopic (exact) mass is 299 g/mol. The second-order valence-electron chi connectivity index (χ2n) is 4.80. The number of carbonyl (C=O) groups excluding carboxylic acids is 1. The Morgan fingerprint density at radius 2 is 2.29 bits per heavy atom. The van der Waals surface area contributed by atoms with Gasteiger partial charge in [-0.15, -0.1) is 5.10 Å². The number of nitrogens with one attached hydrogen (secondary N) is 1. The van der Waals surface area contributed by atoms with E-state index >= 15 is 0 Å². The van der Waals surface area contributed by atoms with Gasteiger partial charge < -0.3 is 15.0 Å². The van der Waals surface area contributed by atoms with Crippen molar-refractivity contribution in [1.29, 1.82) is 0 Å². The third kappa shape index (κ3) is 5.78. The molecule has 9 nitrogen and oxygen atoms in total. The number of rotatable bonds is 9. The van der Waals surface area contributed by atoms with Crippen LogP contribution in [0.5, 0.6) is 5.88 Å². The van der Waals surface area contributed by atoms with Gasteiger partial charge in [0, 0.05) is 13.0 Å². The lowest BCUT2D eigenvalue weighted by Crippen LogP contribution is -2.27. The van der Waals surface area contributed by atoms with Crippen LogP contribution in [0, 0.1) is 10.1 Å². The average Bonchev–Trinajstić information content (AvgIpc) is 2.84. The molecule has 0 aliphatic carbocycles. The van der Waals surface area contributed by atoms with Gasteiger partial charge in [0.05, 0.1) is 18.6 Å². The van der Waals surface area contributed by atoms with Crippen LogP contribution in [-0.4, -0.2) is 59.8 Å². The molecule has 0 fully saturated rings. The Labute approximate surface area is 123 Å². The molecule has 0 spiro atoms. The molecule has 1 amide bonds. The first-order valence-corrected chi connectivity index (χ1v) is 6.61. The van der Waals surface area contributed by atoms with Gasteiger partial charge in [-0.3, -0.25) is 19.6 Å². The molecule has 0 saturated carbocycles. The van der Waals surface area contributed by atoms with Crippen molar-refractivity contribution in [3.63, 3.8) is 0 Å². The van der Waals surface area contributed by atoms with Crippen LogP contribution in [0.4, 0.5) is 5.69 Å². The van der Waals surface area contributed by atoms with Gasteiger partial charge in [-0.1, -0.05) is 0 Å². The van der Waals surface area contributed by atoms with E-state index in [2.05, 4.69) is 10.4 Å². The summed E-state index contributed by atoms with van der Waals surface area (Å²) in [7, 11) is 5.26. The van der Waals surface area contributed by atoms with Gasteiger partial charge in [-0.25, -0.2) is 0 Å². The molecule has 1 aromatic rings. The van der Waals surface area contributed by atoms with Gasteiger partial charge in [-0.05, 0) is 27.1 Å². The molecule has 0 aliphatic rings. The van der Waals surface area contributed by atoms with Gasteiger partial charge in [0.1, 0.15) is 6.20 Å². The van der Waals surface area contributed by atoms with Crippen molar-refractivity contribution in [2.24, 2.45) is 0 Å². The number of nitrogens with zero attached hydrogens (tertiary/aromatic N) is 4. The average molecular weight is 299 g/mol. The van der Waals surface area contributed by atoms with Crippen LogP contribution in [0.2, 0.25) is 0 Å². The van der Waals surface area contributed by atoms with E-state index in [4.69, 9.17) is 4.74 Å². The van der Waals surface area contributed by atoms with Gasteiger partial charge >= 0.3 is 11.6 Å². The molecule has 0 atom stereocenters. The summed E-state index contributed by atoms with van der Waals surface area (Å²) >= 11 is 0. The number of nitro groups is 1. The fourth-order valence-electron chi connectivity index (χ4n) is 1.71. The summed E-state index contributed by atoms with van der Waals surface area (Å²) in [6.45, 7) is 1.78. The third-order valence-corrected chi connectivity index (χ3v) is 2.77. The fraction of sp³-hybridized carbons (Fsp3) is 0.667. The molecular formula is C12H21N5O4. The zero-order valence-electron chi connectivity index (χ0n) is 12.5. The quantitative estimate of drug-likeness (QED) is 0.398. The highest BCUT2D eigenvalue weighted by Crippen LogP contribution is 2.23. The molecule has 1 aromatic heterocycles. The Balaban J connectivity index is 2.37. The topological polar surface area (TPSA) is 103 Å². The van der Waals surface area contributed by atoms with E-state index in [1.54, 1.807) is 0 Å². The smallest absolute Gasteiger partial charge is 0.350 e. The molecule has 0 bridgehead atoms.